The first-order valence-corrected chi connectivity index (χ1v) is 14.3. The fraction of sp³-hybridized carbons (Fsp3) is 0.548. The number of carbonyl (C=O) groups excluding carboxylic acids is 4. The van der Waals surface area contributed by atoms with Gasteiger partial charge in [-0.1, -0.05) is 64.7 Å². The molecule has 38 heavy (non-hydrogen) atoms. The summed E-state index contributed by atoms with van der Waals surface area (Å²) in [5.74, 6) is -1.41. The van der Waals surface area contributed by atoms with Gasteiger partial charge in [-0.05, 0) is 30.7 Å². The number of hydrogen-bond donors (Lipinski definition) is 0. The predicted molar refractivity (Wildman–Crippen MR) is 149 cm³/mol. The topological polar surface area (TPSA) is 74.8 Å². The average molecular weight is 521 g/mol. The normalized spacial score (nSPS) is 15.3. The van der Waals surface area contributed by atoms with Crippen molar-refractivity contribution in [2.45, 2.75) is 71.1 Å². The van der Waals surface area contributed by atoms with Gasteiger partial charge < -0.3 is 4.48 Å². The first kappa shape index (κ1) is 28.0. The second kappa shape index (κ2) is 11.8. The molecule has 2 aliphatic heterocycles. The van der Waals surface area contributed by atoms with Crippen LogP contribution < -0.4 is 0 Å². The lowest BCUT2D eigenvalue weighted by molar-refractivity contribution is -0.869. The lowest BCUT2D eigenvalue weighted by Crippen LogP contribution is -2.48. The molecule has 0 N–H and O–H groups in total. The zero-order valence-corrected chi connectivity index (χ0v) is 23.5. The van der Waals surface area contributed by atoms with Crippen molar-refractivity contribution in [3.05, 3.63) is 46.5 Å². The lowest BCUT2D eigenvalue weighted by Gasteiger charge is -2.33. The van der Waals surface area contributed by atoms with Crippen molar-refractivity contribution in [3.8, 4) is 0 Å². The van der Waals surface area contributed by atoms with Gasteiger partial charge in [0.05, 0.1) is 34.2 Å². The number of benzene rings is 2. The number of hydrogen-bond acceptors (Lipinski definition) is 4. The zero-order chi connectivity index (χ0) is 27.4. The van der Waals surface area contributed by atoms with Gasteiger partial charge in [-0.25, -0.2) is 0 Å². The Kier molecular flexibility index (Phi) is 8.66. The Morgan fingerprint density at radius 2 is 0.868 bits per heavy atom. The van der Waals surface area contributed by atoms with Crippen molar-refractivity contribution < 1.29 is 23.7 Å². The van der Waals surface area contributed by atoms with E-state index >= 15 is 0 Å². The van der Waals surface area contributed by atoms with Crippen molar-refractivity contribution in [3.63, 3.8) is 0 Å². The molecule has 2 aromatic rings. The smallest absolute Gasteiger partial charge is 0.261 e. The Hall–Kier alpha value is -3.06. The Labute approximate surface area is 226 Å². The summed E-state index contributed by atoms with van der Waals surface area (Å²) in [5.41, 5.74) is 1.55. The second-order valence-corrected chi connectivity index (χ2v) is 11.8. The van der Waals surface area contributed by atoms with Crippen LogP contribution >= 0.6 is 0 Å². The molecule has 0 unspecified atom stereocenters. The highest BCUT2D eigenvalue weighted by molar-refractivity contribution is 6.33. The number of likely N-dealkylation sites (N-methyl/N-ethyl adjacent to an activating group) is 1. The van der Waals surface area contributed by atoms with Crippen molar-refractivity contribution in [2.24, 2.45) is 0 Å². The average Bonchev–Trinajstić information content (AvgIpc) is 2.88. The molecule has 7 heteroatoms. The second-order valence-electron chi connectivity index (χ2n) is 11.8. The summed E-state index contributed by atoms with van der Waals surface area (Å²) < 4.78 is 0.620. The Morgan fingerprint density at radius 3 is 1.24 bits per heavy atom. The fourth-order valence-corrected chi connectivity index (χ4v) is 5.54. The zero-order valence-electron chi connectivity index (χ0n) is 23.5. The summed E-state index contributed by atoms with van der Waals surface area (Å²) in [6.45, 7) is 3.54. The highest BCUT2D eigenvalue weighted by Gasteiger charge is 2.39. The van der Waals surface area contributed by atoms with Crippen LogP contribution in [-0.4, -0.2) is 78.7 Å². The van der Waals surface area contributed by atoms with Crippen LogP contribution in [0.4, 0.5) is 0 Å². The van der Waals surface area contributed by atoms with Crippen molar-refractivity contribution >= 4 is 34.4 Å². The van der Waals surface area contributed by atoms with Gasteiger partial charge in [0.2, 0.25) is 0 Å². The molecule has 7 nitrogen and oxygen atoms in total. The third-order valence-corrected chi connectivity index (χ3v) is 7.79. The van der Waals surface area contributed by atoms with Crippen LogP contribution in [0, 0.1) is 0 Å². The summed E-state index contributed by atoms with van der Waals surface area (Å²) in [6, 6.07) is 6.59. The summed E-state index contributed by atoms with van der Waals surface area (Å²) in [5, 5.41) is 0.888. The standard InChI is InChI=1S/C31H42N3O4/c1-5-6-7-8-9-10-11-12-13-14-19-32-28(35)22-15-17-24-27-25(18-16-23(26(22)27)29(32)36)31(38)33(30(24)37)20-21-34(2,3)4/h15-18H,5-14,19-21H2,1-4H3/q+1. The van der Waals surface area contributed by atoms with Crippen LogP contribution in [0.25, 0.3) is 10.8 Å². The number of imide groups is 2. The van der Waals surface area contributed by atoms with Crippen LogP contribution in [0.3, 0.4) is 0 Å². The van der Waals surface area contributed by atoms with Gasteiger partial charge in [0, 0.05) is 39.6 Å². The highest BCUT2D eigenvalue weighted by atomic mass is 16.2. The molecular weight excluding hydrogens is 478 g/mol. The van der Waals surface area contributed by atoms with E-state index in [4.69, 9.17) is 0 Å². The first-order chi connectivity index (χ1) is 18.2. The van der Waals surface area contributed by atoms with Crippen LogP contribution in [0.2, 0.25) is 0 Å². The highest BCUT2D eigenvalue weighted by Crippen LogP contribution is 2.37. The predicted octanol–water partition coefficient (Wildman–Crippen LogP) is 5.66. The third kappa shape index (κ3) is 5.68. The van der Waals surface area contributed by atoms with E-state index in [1.807, 2.05) is 21.1 Å². The molecule has 0 aliphatic carbocycles. The molecule has 0 aromatic heterocycles. The molecule has 0 saturated carbocycles. The monoisotopic (exact) mass is 520 g/mol. The van der Waals surface area contributed by atoms with E-state index in [-0.39, 0.29) is 23.6 Å². The molecule has 4 rings (SSSR count). The van der Waals surface area contributed by atoms with E-state index in [1.54, 1.807) is 24.3 Å². The van der Waals surface area contributed by atoms with Crippen molar-refractivity contribution in [2.75, 3.05) is 40.8 Å². The van der Waals surface area contributed by atoms with E-state index in [0.717, 1.165) is 19.3 Å². The summed E-state index contributed by atoms with van der Waals surface area (Å²) in [6.07, 6.45) is 11.8. The van der Waals surface area contributed by atoms with E-state index in [0.29, 0.717) is 57.1 Å². The largest absolute Gasteiger partial charge is 0.329 e. The van der Waals surface area contributed by atoms with Gasteiger partial charge >= 0.3 is 0 Å². The molecule has 2 aromatic carbocycles. The Bertz CT molecular complexity index is 1170. The van der Waals surface area contributed by atoms with Crippen LogP contribution in [0.1, 0.15) is 113 Å². The Balaban J connectivity index is 1.45. The first-order valence-electron chi connectivity index (χ1n) is 14.3. The minimum atomic E-state index is -0.368. The van der Waals surface area contributed by atoms with Gasteiger partial charge in [0.1, 0.15) is 0 Å². The Morgan fingerprint density at radius 1 is 0.526 bits per heavy atom. The molecule has 2 heterocycles. The number of amides is 4. The molecule has 0 fully saturated rings. The van der Waals surface area contributed by atoms with Crippen LogP contribution in [0.5, 0.6) is 0 Å². The van der Waals surface area contributed by atoms with Crippen molar-refractivity contribution in [1.82, 2.24) is 9.80 Å². The molecule has 0 radical (unpaired) electrons. The fourth-order valence-electron chi connectivity index (χ4n) is 5.54. The van der Waals surface area contributed by atoms with Crippen molar-refractivity contribution in [1.29, 1.82) is 0 Å². The summed E-state index contributed by atoms with van der Waals surface area (Å²) in [7, 11) is 6.03. The maximum Gasteiger partial charge on any atom is 0.261 e. The summed E-state index contributed by atoms with van der Waals surface area (Å²) in [4.78, 5) is 56.1. The maximum absolute atomic E-state index is 13.4. The molecule has 0 saturated heterocycles. The number of carbonyl (C=O) groups is 4. The van der Waals surface area contributed by atoms with Gasteiger partial charge in [-0.15, -0.1) is 0 Å². The maximum atomic E-state index is 13.4. The molecule has 0 atom stereocenters. The van der Waals surface area contributed by atoms with E-state index < -0.39 is 0 Å². The number of quaternary nitrogens is 1. The van der Waals surface area contributed by atoms with Gasteiger partial charge in [-0.3, -0.25) is 29.0 Å². The van der Waals surface area contributed by atoms with Crippen LogP contribution in [-0.2, 0) is 0 Å². The van der Waals surface area contributed by atoms with Gasteiger partial charge in [-0.2, -0.15) is 0 Å². The van der Waals surface area contributed by atoms with E-state index in [9.17, 15) is 19.2 Å². The molecule has 4 amide bonds. The molecule has 0 spiro atoms. The quantitative estimate of drug-likeness (QED) is 0.183. The minimum absolute atomic E-state index is 0.302. The third-order valence-electron chi connectivity index (χ3n) is 7.79. The number of nitrogens with zero attached hydrogens (tertiary/aromatic N) is 3. The SMILES string of the molecule is CCCCCCCCCCCCN1C(=O)c2ccc3c4c(ccc(c24)C1=O)C(=O)N(CC[N+](C)(C)C)C3=O. The lowest BCUT2D eigenvalue weighted by atomic mass is 9.86. The molecule has 204 valence electrons. The number of unbranched alkanes of at least 4 members (excludes halogenated alkanes) is 9. The minimum Gasteiger partial charge on any atom is -0.329 e. The molecular formula is C31H42N3O4+. The van der Waals surface area contributed by atoms with Crippen LogP contribution in [0.15, 0.2) is 24.3 Å². The van der Waals surface area contributed by atoms with E-state index in [2.05, 4.69) is 6.92 Å². The summed E-state index contributed by atoms with van der Waals surface area (Å²) >= 11 is 0. The van der Waals surface area contributed by atoms with Gasteiger partial charge in [0.25, 0.3) is 23.6 Å². The molecule has 0 bridgehead atoms. The molecule has 2 aliphatic rings. The number of rotatable bonds is 14. The van der Waals surface area contributed by atoms with E-state index in [1.165, 1.54) is 54.7 Å². The van der Waals surface area contributed by atoms with Gasteiger partial charge in [0.15, 0.2) is 0 Å².